The standard InChI is InChI=1S/C24H25ClN2O6S/c1-31-21-11-9-17(25)14-19(21)26-24(28)20(13-16-7-5-4-6-8-16)27-34(29,30)18-10-12-22(32-2)23(15-18)33-3/h4-12,14-15,20,27H,13H2,1-3H3,(H,26,28). The maximum absolute atomic E-state index is 13.2. The van der Waals surface area contributed by atoms with Crippen LogP contribution in [0.3, 0.4) is 0 Å². The van der Waals surface area contributed by atoms with Gasteiger partial charge in [-0.05, 0) is 42.3 Å². The number of ether oxygens (including phenoxy) is 3. The maximum atomic E-state index is 13.2. The molecule has 3 rings (SSSR count). The first-order valence-electron chi connectivity index (χ1n) is 10.2. The summed E-state index contributed by atoms with van der Waals surface area (Å²) in [5, 5.41) is 3.11. The van der Waals surface area contributed by atoms with Crippen LogP contribution in [0.2, 0.25) is 5.02 Å². The zero-order valence-electron chi connectivity index (χ0n) is 18.9. The Morgan fingerprint density at radius 1 is 0.882 bits per heavy atom. The molecule has 3 aromatic carbocycles. The Morgan fingerprint density at radius 3 is 2.18 bits per heavy atom. The van der Waals surface area contributed by atoms with Crippen molar-refractivity contribution in [1.29, 1.82) is 0 Å². The van der Waals surface area contributed by atoms with Crippen LogP contribution < -0.4 is 24.2 Å². The molecule has 0 bridgehead atoms. The molecule has 0 heterocycles. The average molecular weight is 505 g/mol. The highest BCUT2D eigenvalue weighted by atomic mass is 35.5. The van der Waals surface area contributed by atoms with Gasteiger partial charge in [0.15, 0.2) is 11.5 Å². The summed E-state index contributed by atoms with van der Waals surface area (Å²) in [6.07, 6.45) is 0.113. The number of hydrogen-bond donors (Lipinski definition) is 2. The van der Waals surface area contributed by atoms with E-state index in [0.717, 1.165) is 5.56 Å². The number of rotatable bonds is 10. The molecule has 0 fully saturated rings. The van der Waals surface area contributed by atoms with Crippen molar-refractivity contribution >= 4 is 33.2 Å². The van der Waals surface area contributed by atoms with Crippen LogP contribution in [0.4, 0.5) is 5.69 Å². The predicted octanol–water partition coefficient (Wildman–Crippen LogP) is 3.89. The maximum Gasteiger partial charge on any atom is 0.243 e. The van der Waals surface area contributed by atoms with Crippen molar-refractivity contribution in [2.45, 2.75) is 17.4 Å². The van der Waals surface area contributed by atoms with Gasteiger partial charge in [0.2, 0.25) is 15.9 Å². The van der Waals surface area contributed by atoms with Gasteiger partial charge in [-0.3, -0.25) is 4.79 Å². The molecular formula is C24H25ClN2O6S. The van der Waals surface area contributed by atoms with E-state index in [1.165, 1.54) is 45.6 Å². The van der Waals surface area contributed by atoms with Crippen LogP contribution in [0.15, 0.2) is 71.6 Å². The Bertz CT molecular complexity index is 1250. The van der Waals surface area contributed by atoms with Gasteiger partial charge in [0.1, 0.15) is 11.8 Å². The third kappa shape index (κ3) is 6.19. The minimum atomic E-state index is -4.10. The second kappa shape index (κ2) is 11.2. The fourth-order valence-corrected chi connectivity index (χ4v) is 4.66. The minimum Gasteiger partial charge on any atom is -0.495 e. The lowest BCUT2D eigenvalue weighted by Gasteiger charge is -2.20. The molecule has 2 N–H and O–H groups in total. The lowest BCUT2D eigenvalue weighted by Crippen LogP contribution is -2.45. The molecule has 0 radical (unpaired) electrons. The van der Waals surface area contributed by atoms with Crippen LogP contribution in [0, 0.1) is 0 Å². The Kier molecular flexibility index (Phi) is 8.38. The number of carbonyl (C=O) groups excluding carboxylic acids is 1. The molecule has 0 aromatic heterocycles. The minimum absolute atomic E-state index is 0.0728. The van der Waals surface area contributed by atoms with Gasteiger partial charge in [0.05, 0.1) is 31.9 Å². The SMILES string of the molecule is COc1ccc(Cl)cc1NC(=O)C(Cc1ccccc1)NS(=O)(=O)c1ccc(OC)c(OC)c1. The van der Waals surface area contributed by atoms with E-state index in [4.69, 9.17) is 25.8 Å². The molecule has 0 spiro atoms. The molecule has 0 aliphatic rings. The molecular weight excluding hydrogens is 480 g/mol. The van der Waals surface area contributed by atoms with Gasteiger partial charge in [0, 0.05) is 11.1 Å². The molecule has 180 valence electrons. The van der Waals surface area contributed by atoms with E-state index in [-0.39, 0.29) is 17.1 Å². The first-order valence-corrected chi connectivity index (χ1v) is 12.1. The summed E-state index contributed by atoms with van der Waals surface area (Å²) >= 11 is 6.07. The van der Waals surface area contributed by atoms with Gasteiger partial charge in [-0.15, -0.1) is 0 Å². The quantitative estimate of drug-likeness (QED) is 0.434. The summed E-state index contributed by atoms with van der Waals surface area (Å²) in [4.78, 5) is 13.2. The van der Waals surface area contributed by atoms with E-state index in [1.807, 2.05) is 30.3 Å². The number of halogens is 1. The van der Waals surface area contributed by atoms with Gasteiger partial charge >= 0.3 is 0 Å². The first kappa shape index (κ1) is 25.4. The molecule has 3 aromatic rings. The van der Waals surface area contributed by atoms with Crippen molar-refractivity contribution in [3.8, 4) is 17.2 Å². The topological polar surface area (TPSA) is 103 Å². The summed E-state index contributed by atoms with van der Waals surface area (Å²) in [6.45, 7) is 0. The van der Waals surface area contributed by atoms with Crippen LogP contribution in [-0.4, -0.2) is 41.7 Å². The molecule has 10 heteroatoms. The molecule has 0 saturated carbocycles. The second-order valence-electron chi connectivity index (χ2n) is 7.21. The third-order valence-electron chi connectivity index (χ3n) is 4.98. The summed E-state index contributed by atoms with van der Waals surface area (Å²) in [6, 6.07) is 16.9. The lowest BCUT2D eigenvalue weighted by atomic mass is 10.1. The van der Waals surface area contributed by atoms with Crippen LogP contribution in [0.25, 0.3) is 0 Å². The van der Waals surface area contributed by atoms with Crippen LogP contribution in [0.1, 0.15) is 5.56 Å². The highest BCUT2D eigenvalue weighted by Gasteiger charge is 2.27. The Balaban J connectivity index is 1.93. The van der Waals surface area contributed by atoms with Gasteiger partial charge in [0.25, 0.3) is 0 Å². The smallest absolute Gasteiger partial charge is 0.243 e. The molecule has 1 unspecified atom stereocenters. The number of anilines is 1. The van der Waals surface area contributed by atoms with Gasteiger partial charge < -0.3 is 19.5 Å². The zero-order chi connectivity index (χ0) is 24.7. The summed E-state index contributed by atoms with van der Waals surface area (Å²) < 4.78 is 44.6. The monoisotopic (exact) mass is 504 g/mol. The fourth-order valence-electron chi connectivity index (χ4n) is 3.27. The van der Waals surface area contributed by atoms with Crippen molar-refractivity contribution in [3.05, 3.63) is 77.3 Å². The van der Waals surface area contributed by atoms with Crippen LogP contribution in [0.5, 0.6) is 17.2 Å². The lowest BCUT2D eigenvalue weighted by molar-refractivity contribution is -0.117. The average Bonchev–Trinajstić information content (AvgIpc) is 2.83. The van der Waals surface area contributed by atoms with Gasteiger partial charge in [-0.1, -0.05) is 41.9 Å². The molecule has 34 heavy (non-hydrogen) atoms. The normalized spacial score (nSPS) is 12.0. The number of sulfonamides is 1. The molecule has 0 aliphatic carbocycles. The van der Waals surface area contributed by atoms with Gasteiger partial charge in [-0.2, -0.15) is 4.72 Å². The molecule has 0 saturated heterocycles. The summed E-state index contributed by atoms with van der Waals surface area (Å²) in [5.41, 5.74) is 1.10. The molecule has 8 nitrogen and oxygen atoms in total. The summed E-state index contributed by atoms with van der Waals surface area (Å²) in [5.74, 6) is 0.443. The van der Waals surface area contributed by atoms with Crippen molar-refractivity contribution in [2.24, 2.45) is 0 Å². The molecule has 1 amide bonds. The van der Waals surface area contributed by atoms with Crippen molar-refractivity contribution in [1.82, 2.24) is 4.72 Å². The highest BCUT2D eigenvalue weighted by Crippen LogP contribution is 2.30. The fraction of sp³-hybridized carbons (Fsp3) is 0.208. The first-order chi connectivity index (χ1) is 16.3. The van der Waals surface area contributed by atoms with E-state index in [1.54, 1.807) is 12.1 Å². The zero-order valence-corrected chi connectivity index (χ0v) is 20.4. The van der Waals surface area contributed by atoms with Crippen molar-refractivity contribution in [3.63, 3.8) is 0 Å². The van der Waals surface area contributed by atoms with Crippen molar-refractivity contribution in [2.75, 3.05) is 26.6 Å². The summed E-state index contributed by atoms with van der Waals surface area (Å²) in [7, 11) is 0.218. The number of hydrogen-bond acceptors (Lipinski definition) is 6. The van der Waals surface area contributed by atoms with E-state index < -0.39 is 22.0 Å². The van der Waals surface area contributed by atoms with Gasteiger partial charge in [-0.25, -0.2) is 8.42 Å². The number of carbonyl (C=O) groups is 1. The number of methoxy groups -OCH3 is 3. The van der Waals surface area contributed by atoms with E-state index >= 15 is 0 Å². The van der Waals surface area contributed by atoms with E-state index in [0.29, 0.717) is 22.2 Å². The number of nitrogens with one attached hydrogen (secondary N) is 2. The highest BCUT2D eigenvalue weighted by molar-refractivity contribution is 7.89. The van der Waals surface area contributed by atoms with E-state index in [9.17, 15) is 13.2 Å². The van der Waals surface area contributed by atoms with Crippen LogP contribution in [-0.2, 0) is 21.2 Å². The number of amides is 1. The molecule has 1 atom stereocenters. The predicted molar refractivity (Wildman–Crippen MR) is 130 cm³/mol. The molecule has 0 aliphatic heterocycles. The van der Waals surface area contributed by atoms with E-state index in [2.05, 4.69) is 10.0 Å². The third-order valence-corrected chi connectivity index (χ3v) is 6.69. The largest absolute Gasteiger partial charge is 0.495 e. The van der Waals surface area contributed by atoms with Crippen LogP contribution >= 0.6 is 11.6 Å². The Morgan fingerprint density at radius 2 is 1.53 bits per heavy atom. The van der Waals surface area contributed by atoms with Crippen molar-refractivity contribution < 1.29 is 27.4 Å². The Hall–Kier alpha value is -3.27. The second-order valence-corrected chi connectivity index (χ2v) is 9.36. The number of benzene rings is 3. The Labute approximate surface area is 203 Å².